The van der Waals surface area contributed by atoms with E-state index in [4.69, 9.17) is 4.74 Å². The van der Waals surface area contributed by atoms with E-state index in [0.717, 1.165) is 10.4 Å². The van der Waals surface area contributed by atoms with Crippen molar-refractivity contribution in [2.24, 2.45) is 0 Å². The van der Waals surface area contributed by atoms with Crippen LogP contribution in [0.1, 0.15) is 30.2 Å². The van der Waals surface area contributed by atoms with E-state index in [1.54, 1.807) is 34.0 Å². The number of imidazole rings is 1. The molecule has 1 N–H and O–H groups in total. The molecular formula is C24H24FN5O4S. The van der Waals surface area contributed by atoms with E-state index in [0.29, 0.717) is 24.7 Å². The quantitative estimate of drug-likeness (QED) is 0.455. The van der Waals surface area contributed by atoms with Crippen LogP contribution in [-0.4, -0.2) is 60.6 Å². The van der Waals surface area contributed by atoms with Crippen LogP contribution in [0.15, 0.2) is 47.7 Å². The Morgan fingerprint density at radius 1 is 1.31 bits per heavy atom. The molecule has 5 rings (SSSR count). The largest absolute Gasteiger partial charge is 0.501 e. The van der Waals surface area contributed by atoms with Crippen molar-refractivity contribution in [3.05, 3.63) is 69.5 Å². The van der Waals surface area contributed by atoms with Gasteiger partial charge in [-0.05, 0) is 24.6 Å². The van der Waals surface area contributed by atoms with Crippen LogP contribution in [0.4, 0.5) is 4.39 Å². The van der Waals surface area contributed by atoms with Crippen molar-refractivity contribution in [3.8, 4) is 16.5 Å². The number of rotatable bonds is 5. The number of fused-ring (bicyclic) bond motifs is 1. The Balaban J connectivity index is 1.46. The maximum Gasteiger partial charge on any atom is 0.302 e. The second kappa shape index (κ2) is 9.23. The molecule has 1 aromatic carbocycles. The molecule has 0 saturated carbocycles. The molecule has 4 heterocycles. The molecule has 182 valence electrons. The highest BCUT2D eigenvalue weighted by atomic mass is 32.1. The fraction of sp³-hybridized carbons (Fsp3) is 0.333. The van der Waals surface area contributed by atoms with Crippen LogP contribution in [0.5, 0.6) is 5.75 Å². The average Bonchev–Trinajstić information content (AvgIpc) is 3.49. The Kier molecular flexibility index (Phi) is 6.12. The minimum Gasteiger partial charge on any atom is -0.501 e. The summed E-state index contributed by atoms with van der Waals surface area (Å²) in [6, 6.07) is 6.24. The number of aromatic nitrogens is 4. The van der Waals surface area contributed by atoms with Gasteiger partial charge >= 0.3 is 5.56 Å². The number of benzene rings is 1. The van der Waals surface area contributed by atoms with Gasteiger partial charge in [0.1, 0.15) is 17.4 Å². The number of carbonyl (C=O) groups excluding carboxylic acids is 1. The van der Waals surface area contributed by atoms with Gasteiger partial charge in [0, 0.05) is 42.5 Å². The van der Waals surface area contributed by atoms with Crippen molar-refractivity contribution in [2.45, 2.75) is 32.4 Å². The van der Waals surface area contributed by atoms with Crippen LogP contribution in [0.3, 0.4) is 0 Å². The Morgan fingerprint density at radius 2 is 2.09 bits per heavy atom. The lowest BCUT2D eigenvalue weighted by Crippen LogP contribution is -2.45. The highest BCUT2D eigenvalue weighted by Gasteiger charge is 2.24. The summed E-state index contributed by atoms with van der Waals surface area (Å²) in [5, 5.41) is 11.0. The monoisotopic (exact) mass is 497 g/mol. The molecule has 0 radical (unpaired) electrons. The molecular weight excluding hydrogens is 473 g/mol. The standard InChI is InChI=1S/C24H24FN5O4S/c1-14-12-28(9-10-34-14)19(31)13-29-7-8-30-23(33)21(32)20(27-24(29)30)22-26-11-18(35-22)15(2)16-3-5-17(25)6-4-16/h3-8,11,14-15,32H,9-10,12-13H2,1-2H3/t14-,15?/m0/s1. The zero-order chi connectivity index (χ0) is 24.7. The Hall–Kier alpha value is -3.57. The van der Waals surface area contributed by atoms with E-state index in [-0.39, 0.29) is 41.8 Å². The molecule has 2 atom stereocenters. The number of morpholine rings is 1. The summed E-state index contributed by atoms with van der Waals surface area (Å²) in [4.78, 5) is 37.2. The van der Waals surface area contributed by atoms with Crippen LogP contribution < -0.4 is 5.56 Å². The van der Waals surface area contributed by atoms with E-state index >= 15 is 0 Å². The predicted molar refractivity (Wildman–Crippen MR) is 128 cm³/mol. The number of nitrogens with zero attached hydrogens (tertiary/aromatic N) is 5. The number of carbonyl (C=O) groups is 1. The highest BCUT2D eigenvalue weighted by molar-refractivity contribution is 7.15. The van der Waals surface area contributed by atoms with Crippen LogP contribution in [-0.2, 0) is 16.1 Å². The lowest BCUT2D eigenvalue weighted by Gasteiger charge is -2.31. The second-order valence-corrected chi connectivity index (χ2v) is 9.63. The van der Waals surface area contributed by atoms with Crippen LogP contribution in [0.2, 0.25) is 0 Å². The van der Waals surface area contributed by atoms with Gasteiger partial charge in [-0.25, -0.2) is 18.8 Å². The lowest BCUT2D eigenvalue weighted by molar-refractivity contribution is -0.138. The number of hydrogen-bond acceptors (Lipinski definition) is 7. The average molecular weight is 498 g/mol. The molecule has 3 aromatic heterocycles. The zero-order valence-corrected chi connectivity index (χ0v) is 20.0. The number of hydrogen-bond donors (Lipinski definition) is 1. The molecule has 1 aliphatic rings. The molecule has 9 nitrogen and oxygen atoms in total. The first kappa shape index (κ1) is 23.2. The number of amides is 1. The normalized spacial score (nSPS) is 17.1. The minimum atomic E-state index is -0.639. The summed E-state index contributed by atoms with van der Waals surface area (Å²) in [7, 11) is 0. The van der Waals surface area contributed by atoms with E-state index in [1.807, 2.05) is 13.8 Å². The summed E-state index contributed by atoms with van der Waals surface area (Å²) in [5.41, 5.74) is 0.337. The Labute approximate surface area is 204 Å². The van der Waals surface area contributed by atoms with Crippen molar-refractivity contribution in [2.75, 3.05) is 19.7 Å². The van der Waals surface area contributed by atoms with Crippen molar-refractivity contribution < 1.29 is 19.0 Å². The number of ether oxygens (including phenoxy) is 1. The van der Waals surface area contributed by atoms with Gasteiger partial charge in [0.05, 0.1) is 12.7 Å². The molecule has 0 spiro atoms. The third kappa shape index (κ3) is 4.44. The number of thiazole rings is 1. The summed E-state index contributed by atoms with van der Waals surface area (Å²) in [6.07, 6.45) is 4.71. The van der Waals surface area contributed by atoms with Crippen molar-refractivity contribution >= 4 is 23.0 Å². The molecule has 1 fully saturated rings. The first-order valence-corrected chi connectivity index (χ1v) is 12.0. The summed E-state index contributed by atoms with van der Waals surface area (Å²) >= 11 is 1.30. The molecule has 1 aliphatic heterocycles. The molecule has 0 bridgehead atoms. The van der Waals surface area contributed by atoms with Gasteiger partial charge in [0.2, 0.25) is 17.4 Å². The van der Waals surface area contributed by atoms with Crippen molar-refractivity contribution in [1.29, 1.82) is 0 Å². The topological polar surface area (TPSA) is 102 Å². The van der Waals surface area contributed by atoms with Crippen molar-refractivity contribution in [1.82, 2.24) is 23.8 Å². The van der Waals surface area contributed by atoms with Gasteiger partial charge in [-0.1, -0.05) is 19.1 Å². The van der Waals surface area contributed by atoms with Gasteiger partial charge in [-0.15, -0.1) is 11.3 Å². The molecule has 11 heteroatoms. The fourth-order valence-corrected chi connectivity index (χ4v) is 5.12. The third-order valence-corrected chi connectivity index (χ3v) is 7.33. The van der Waals surface area contributed by atoms with Gasteiger partial charge in [0.15, 0.2) is 5.69 Å². The zero-order valence-electron chi connectivity index (χ0n) is 19.2. The third-order valence-electron chi connectivity index (χ3n) is 6.15. The summed E-state index contributed by atoms with van der Waals surface area (Å²) in [5.74, 6) is -0.749. The lowest BCUT2D eigenvalue weighted by atomic mass is 10.0. The van der Waals surface area contributed by atoms with Crippen LogP contribution >= 0.6 is 11.3 Å². The van der Waals surface area contributed by atoms with Crippen LogP contribution in [0.25, 0.3) is 16.5 Å². The van der Waals surface area contributed by atoms with Gasteiger partial charge in [0.25, 0.3) is 0 Å². The van der Waals surface area contributed by atoms with Gasteiger partial charge in [-0.3, -0.25) is 9.59 Å². The van der Waals surface area contributed by atoms with Crippen molar-refractivity contribution in [3.63, 3.8) is 0 Å². The van der Waals surface area contributed by atoms with E-state index in [9.17, 15) is 19.1 Å². The Morgan fingerprint density at radius 3 is 2.83 bits per heavy atom. The molecule has 1 unspecified atom stereocenters. The first-order chi connectivity index (χ1) is 16.8. The molecule has 1 amide bonds. The Bertz CT molecular complexity index is 1440. The fourth-order valence-electron chi connectivity index (χ4n) is 4.14. The molecule has 0 aliphatic carbocycles. The molecule has 4 aromatic rings. The second-order valence-electron chi connectivity index (χ2n) is 8.57. The number of halogens is 1. The minimum absolute atomic E-state index is 0.00456. The van der Waals surface area contributed by atoms with E-state index in [1.165, 1.54) is 34.1 Å². The van der Waals surface area contributed by atoms with Gasteiger partial charge < -0.3 is 19.3 Å². The highest BCUT2D eigenvalue weighted by Crippen LogP contribution is 2.34. The maximum atomic E-state index is 13.3. The smallest absolute Gasteiger partial charge is 0.302 e. The first-order valence-electron chi connectivity index (χ1n) is 11.2. The van der Waals surface area contributed by atoms with E-state index in [2.05, 4.69) is 9.97 Å². The molecule has 35 heavy (non-hydrogen) atoms. The SMILES string of the molecule is CC(c1ccc(F)cc1)c1cnc(-c2nc3n(CC(=O)N4CCO[C@@H](C)C4)ccn3c(=O)c2O)s1. The number of aromatic hydroxyl groups is 1. The van der Waals surface area contributed by atoms with Crippen LogP contribution in [0, 0.1) is 5.82 Å². The summed E-state index contributed by atoms with van der Waals surface area (Å²) < 4.78 is 21.6. The maximum absolute atomic E-state index is 13.3. The molecule has 1 saturated heterocycles. The summed E-state index contributed by atoms with van der Waals surface area (Å²) in [6.45, 7) is 5.39. The van der Waals surface area contributed by atoms with Gasteiger partial charge in [-0.2, -0.15) is 0 Å². The van der Waals surface area contributed by atoms with E-state index < -0.39 is 11.3 Å². The predicted octanol–water partition coefficient (Wildman–Crippen LogP) is 2.86.